The lowest BCUT2D eigenvalue weighted by Crippen LogP contribution is -2.59. The predicted molar refractivity (Wildman–Crippen MR) is 64.8 cm³/mol. The van der Waals surface area contributed by atoms with Gasteiger partial charge in [-0.3, -0.25) is 4.90 Å². The number of nitrogens with zero attached hydrogens (tertiary/aromatic N) is 1. The lowest BCUT2D eigenvalue weighted by Gasteiger charge is -2.51. The second-order valence-electron chi connectivity index (χ2n) is 5.52. The van der Waals surface area contributed by atoms with Crippen molar-refractivity contribution in [3.8, 4) is 0 Å². The van der Waals surface area contributed by atoms with Crippen molar-refractivity contribution in [2.45, 2.75) is 56.9 Å². The Kier molecular flexibility index (Phi) is 3.68. The third kappa shape index (κ3) is 2.07. The molecule has 1 unspecified atom stereocenters. The van der Waals surface area contributed by atoms with Crippen LogP contribution in [-0.2, 0) is 0 Å². The highest BCUT2D eigenvalue weighted by molar-refractivity contribution is 4.99. The summed E-state index contributed by atoms with van der Waals surface area (Å²) < 4.78 is 0. The van der Waals surface area contributed by atoms with E-state index in [1.165, 1.54) is 57.9 Å². The molecule has 0 aromatic carbocycles. The third-order valence-electron chi connectivity index (χ3n) is 4.83. The van der Waals surface area contributed by atoms with Crippen LogP contribution in [0.5, 0.6) is 0 Å². The van der Waals surface area contributed by atoms with Gasteiger partial charge >= 0.3 is 0 Å². The summed E-state index contributed by atoms with van der Waals surface area (Å²) in [5, 5.41) is 0. The van der Waals surface area contributed by atoms with Crippen LogP contribution in [0, 0.1) is 5.92 Å². The summed E-state index contributed by atoms with van der Waals surface area (Å²) in [4.78, 5) is 2.58. The number of nitrogens with two attached hydrogens (primary N) is 1. The van der Waals surface area contributed by atoms with Gasteiger partial charge in [-0.05, 0) is 45.2 Å². The lowest BCUT2D eigenvalue weighted by molar-refractivity contribution is 0.00913. The SMILES string of the molecule is CN1CCCCC1(CN)C1CCCCC1. The average molecular weight is 210 g/mol. The van der Waals surface area contributed by atoms with Gasteiger partial charge in [-0.15, -0.1) is 0 Å². The summed E-state index contributed by atoms with van der Waals surface area (Å²) in [7, 11) is 2.29. The van der Waals surface area contributed by atoms with Gasteiger partial charge in [0.1, 0.15) is 0 Å². The topological polar surface area (TPSA) is 29.3 Å². The molecule has 2 N–H and O–H groups in total. The molecule has 2 nitrogen and oxygen atoms in total. The van der Waals surface area contributed by atoms with Crippen molar-refractivity contribution in [1.82, 2.24) is 4.90 Å². The summed E-state index contributed by atoms with van der Waals surface area (Å²) >= 11 is 0. The number of hydrogen-bond acceptors (Lipinski definition) is 2. The second kappa shape index (κ2) is 4.84. The first kappa shape index (κ1) is 11.4. The van der Waals surface area contributed by atoms with E-state index in [-0.39, 0.29) is 0 Å². The average Bonchev–Trinajstić information content (AvgIpc) is 2.31. The van der Waals surface area contributed by atoms with Crippen molar-refractivity contribution in [2.75, 3.05) is 20.1 Å². The van der Waals surface area contributed by atoms with Gasteiger partial charge in [0.05, 0.1) is 0 Å². The van der Waals surface area contributed by atoms with E-state index in [9.17, 15) is 0 Å². The molecule has 15 heavy (non-hydrogen) atoms. The van der Waals surface area contributed by atoms with Crippen LogP contribution in [0.2, 0.25) is 0 Å². The standard InChI is InChI=1S/C13H26N2/c1-15-10-6-5-9-13(15,11-14)12-7-3-2-4-8-12/h12H,2-11,14H2,1H3. The fourth-order valence-electron chi connectivity index (χ4n) is 3.77. The van der Waals surface area contributed by atoms with Crippen molar-refractivity contribution in [3.63, 3.8) is 0 Å². The van der Waals surface area contributed by atoms with E-state index in [2.05, 4.69) is 11.9 Å². The molecule has 0 amide bonds. The Morgan fingerprint density at radius 2 is 1.87 bits per heavy atom. The van der Waals surface area contributed by atoms with Crippen LogP contribution < -0.4 is 5.73 Å². The van der Waals surface area contributed by atoms with E-state index >= 15 is 0 Å². The van der Waals surface area contributed by atoms with Gasteiger partial charge < -0.3 is 5.73 Å². The van der Waals surface area contributed by atoms with Crippen LogP contribution >= 0.6 is 0 Å². The maximum absolute atomic E-state index is 6.12. The number of piperidine rings is 1. The van der Waals surface area contributed by atoms with E-state index in [1.54, 1.807) is 0 Å². The molecule has 2 fully saturated rings. The van der Waals surface area contributed by atoms with Crippen LogP contribution in [0.25, 0.3) is 0 Å². The molecule has 1 atom stereocenters. The molecule has 2 rings (SSSR count). The summed E-state index contributed by atoms with van der Waals surface area (Å²) in [5.41, 5.74) is 6.48. The molecule has 88 valence electrons. The predicted octanol–water partition coefficient (Wildman–Crippen LogP) is 2.38. The smallest absolute Gasteiger partial charge is 0.0356 e. The zero-order valence-electron chi connectivity index (χ0n) is 10.2. The van der Waals surface area contributed by atoms with Gasteiger partial charge in [-0.25, -0.2) is 0 Å². The molecule has 0 aromatic rings. The van der Waals surface area contributed by atoms with Crippen molar-refractivity contribution in [2.24, 2.45) is 11.7 Å². The summed E-state index contributed by atoms with van der Waals surface area (Å²) in [6, 6.07) is 0. The van der Waals surface area contributed by atoms with Crippen LogP contribution in [0.15, 0.2) is 0 Å². The molecule has 1 heterocycles. The molecule has 1 aliphatic heterocycles. The van der Waals surface area contributed by atoms with E-state index in [1.807, 2.05) is 0 Å². The number of likely N-dealkylation sites (N-methyl/N-ethyl adjacent to an activating group) is 1. The Bertz CT molecular complexity index is 199. The van der Waals surface area contributed by atoms with Gasteiger partial charge in [0.2, 0.25) is 0 Å². The molecular weight excluding hydrogens is 184 g/mol. The van der Waals surface area contributed by atoms with Crippen molar-refractivity contribution < 1.29 is 0 Å². The molecule has 0 aromatic heterocycles. The highest BCUT2D eigenvalue weighted by atomic mass is 15.2. The first-order valence-electron chi connectivity index (χ1n) is 6.71. The van der Waals surface area contributed by atoms with Crippen molar-refractivity contribution in [1.29, 1.82) is 0 Å². The van der Waals surface area contributed by atoms with E-state index < -0.39 is 0 Å². The zero-order chi connectivity index (χ0) is 10.7. The molecule has 0 radical (unpaired) electrons. The Balaban J connectivity index is 2.10. The molecule has 0 spiro atoms. The number of likely N-dealkylation sites (tertiary alicyclic amines) is 1. The van der Waals surface area contributed by atoms with E-state index in [4.69, 9.17) is 5.73 Å². The van der Waals surface area contributed by atoms with Gasteiger partial charge in [-0.1, -0.05) is 25.7 Å². The Morgan fingerprint density at radius 3 is 2.47 bits per heavy atom. The fourth-order valence-corrected chi connectivity index (χ4v) is 3.77. The lowest BCUT2D eigenvalue weighted by atomic mass is 9.70. The van der Waals surface area contributed by atoms with Crippen LogP contribution in [-0.4, -0.2) is 30.6 Å². The molecule has 1 saturated carbocycles. The van der Waals surface area contributed by atoms with Gasteiger partial charge in [0.25, 0.3) is 0 Å². The molecule has 0 bridgehead atoms. The Labute approximate surface area is 94.2 Å². The van der Waals surface area contributed by atoms with Crippen molar-refractivity contribution >= 4 is 0 Å². The van der Waals surface area contributed by atoms with E-state index in [0.717, 1.165) is 12.5 Å². The molecule has 2 aliphatic rings. The molecular formula is C13H26N2. The van der Waals surface area contributed by atoms with Gasteiger partial charge in [-0.2, -0.15) is 0 Å². The van der Waals surface area contributed by atoms with Crippen LogP contribution in [0.1, 0.15) is 51.4 Å². The first-order chi connectivity index (χ1) is 7.29. The first-order valence-corrected chi connectivity index (χ1v) is 6.71. The summed E-state index contributed by atoms with van der Waals surface area (Å²) in [6.07, 6.45) is 11.2. The largest absolute Gasteiger partial charge is 0.329 e. The minimum atomic E-state index is 0.360. The molecule has 2 heteroatoms. The van der Waals surface area contributed by atoms with Crippen LogP contribution in [0.4, 0.5) is 0 Å². The zero-order valence-corrected chi connectivity index (χ0v) is 10.2. The number of hydrogen-bond donors (Lipinski definition) is 1. The molecule has 1 aliphatic carbocycles. The maximum atomic E-state index is 6.12. The minimum absolute atomic E-state index is 0.360. The van der Waals surface area contributed by atoms with Crippen molar-refractivity contribution in [3.05, 3.63) is 0 Å². The minimum Gasteiger partial charge on any atom is -0.329 e. The van der Waals surface area contributed by atoms with E-state index in [0.29, 0.717) is 5.54 Å². The van der Waals surface area contributed by atoms with Gasteiger partial charge in [0, 0.05) is 12.1 Å². The fraction of sp³-hybridized carbons (Fsp3) is 1.00. The summed E-state index contributed by atoms with van der Waals surface area (Å²) in [6.45, 7) is 2.13. The Hall–Kier alpha value is -0.0800. The van der Waals surface area contributed by atoms with Crippen LogP contribution in [0.3, 0.4) is 0 Å². The normalized spacial score (nSPS) is 35.6. The summed E-state index contributed by atoms with van der Waals surface area (Å²) in [5.74, 6) is 0.876. The molecule has 1 saturated heterocycles. The second-order valence-corrected chi connectivity index (χ2v) is 5.52. The maximum Gasteiger partial charge on any atom is 0.0356 e. The highest BCUT2D eigenvalue weighted by Gasteiger charge is 2.42. The number of rotatable bonds is 2. The highest BCUT2D eigenvalue weighted by Crippen LogP contribution is 2.40. The Morgan fingerprint density at radius 1 is 1.13 bits per heavy atom. The quantitative estimate of drug-likeness (QED) is 0.758. The third-order valence-corrected chi connectivity index (χ3v) is 4.83. The monoisotopic (exact) mass is 210 g/mol. The van der Waals surface area contributed by atoms with Gasteiger partial charge in [0.15, 0.2) is 0 Å².